The van der Waals surface area contributed by atoms with Crippen molar-refractivity contribution in [2.45, 2.75) is 39.2 Å². The average Bonchev–Trinajstić information content (AvgIpc) is 3.34. The number of ether oxygens (including phenoxy) is 2. The molecule has 168 valence electrons. The van der Waals surface area contributed by atoms with Crippen molar-refractivity contribution in [3.8, 4) is 5.75 Å². The van der Waals surface area contributed by atoms with E-state index in [2.05, 4.69) is 70.7 Å². The van der Waals surface area contributed by atoms with Crippen LogP contribution in [0.2, 0.25) is 0 Å². The third-order valence-electron chi connectivity index (χ3n) is 6.18. The zero-order valence-electron chi connectivity index (χ0n) is 18.6. The van der Waals surface area contributed by atoms with Crippen LogP contribution in [0.5, 0.6) is 5.75 Å². The van der Waals surface area contributed by atoms with Gasteiger partial charge in [-0.2, -0.15) is 0 Å². The third-order valence-corrected chi connectivity index (χ3v) is 6.71. The Morgan fingerprint density at radius 3 is 2.62 bits per heavy atom. The topological polar surface area (TPSA) is 60.8 Å². The first-order valence-corrected chi connectivity index (χ1v) is 11.6. The Hall–Kier alpha value is -2.80. The number of rotatable bonds is 7. The van der Waals surface area contributed by atoms with Gasteiger partial charge in [0.25, 0.3) is 0 Å². The maximum absolute atomic E-state index is 12.5. The van der Waals surface area contributed by atoms with Crippen molar-refractivity contribution < 1.29 is 19.1 Å². The number of hydrogen-bond acceptors (Lipinski definition) is 4. The molecule has 6 nitrogen and oxygen atoms in total. The van der Waals surface area contributed by atoms with E-state index in [1.165, 1.54) is 21.7 Å². The molecule has 1 aliphatic rings. The molecule has 1 aromatic heterocycles. The minimum Gasteiger partial charge on any atom is -0.497 e. The van der Waals surface area contributed by atoms with Crippen molar-refractivity contribution in [3.63, 3.8) is 0 Å². The molecule has 1 unspecified atom stereocenters. The Kier molecular flexibility index (Phi) is 6.55. The molecule has 1 atom stereocenters. The standard InChI is InChI=1S/C25H27BrN2O4/c1-16(4-11-23(29)27-12-13-32-25(27)30)24-17(2)28(15-18-5-7-19(26)8-6-18)22-10-9-20(31-3)14-21(22)24/h5-10,14,16H,4,11-13,15H2,1-3H3. The minimum absolute atomic E-state index is 0.137. The Labute approximate surface area is 196 Å². The lowest BCUT2D eigenvalue weighted by molar-refractivity contribution is -0.127. The fourth-order valence-electron chi connectivity index (χ4n) is 4.45. The van der Waals surface area contributed by atoms with Crippen LogP contribution in [0.15, 0.2) is 46.9 Å². The van der Waals surface area contributed by atoms with E-state index in [9.17, 15) is 9.59 Å². The number of carbonyl (C=O) groups excluding carboxylic acids is 2. The summed E-state index contributed by atoms with van der Waals surface area (Å²) in [5, 5.41) is 1.14. The predicted molar refractivity (Wildman–Crippen MR) is 127 cm³/mol. The van der Waals surface area contributed by atoms with Gasteiger partial charge in [-0.25, -0.2) is 9.69 Å². The summed E-state index contributed by atoms with van der Waals surface area (Å²) < 4.78 is 13.8. The Morgan fingerprint density at radius 1 is 1.22 bits per heavy atom. The Balaban J connectivity index is 1.64. The molecule has 0 aliphatic carbocycles. The summed E-state index contributed by atoms with van der Waals surface area (Å²) in [6.07, 6.45) is 0.423. The molecule has 1 saturated heterocycles. The highest BCUT2D eigenvalue weighted by atomic mass is 79.9. The number of amides is 2. The van der Waals surface area contributed by atoms with Crippen molar-refractivity contribution in [1.82, 2.24) is 9.47 Å². The van der Waals surface area contributed by atoms with E-state index in [1.54, 1.807) is 7.11 Å². The smallest absolute Gasteiger partial charge is 0.416 e. The van der Waals surface area contributed by atoms with Gasteiger partial charge in [0.05, 0.1) is 13.7 Å². The highest BCUT2D eigenvalue weighted by molar-refractivity contribution is 9.10. The van der Waals surface area contributed by atoms with E-state index in [4.69, 9.17) is 9.47 Å². The number of nitrogens with zero attached hydrogens (tertiary/aromatic N) is 2. The number of methoxy groups -OCH3 is 1. The van der Waals surface area contributed by atoms with Gasteiger partial charge in [0.2, 0.25) is 5.91 Å². The second-order valence-electron chi connectivity index (χ2n) is 8.19. The molecule has 0 spiro atoms. The van der Waals surface area contributed by atoms with Gasteiger partial charge in [-0.15, -0.1) is 0 Å². The second kappa shape index (κ2) is 9.36. The normalized spacial score (nSPS) is 14.6. The van der Waals surface area contributed by atoms with Crippen LogP contribution in [0.1, 0.15) is 42.5 Å². The number of carbonyl (C=O) groups is 2. The maximum atomic E-state index is 12.5. The summed E-state index contributed by atoms with van der Waals surface area (Å²) in [6, 6.07) is 14.5. The number of fused-ring (bicyclic) bond motifs is 1. The Bertz CT molecular complexity index is 1150. The van der Waals surface area contributed by atoms with Gasteiger partial charge in [-0.1, -0.05) is 35.0 Å². The van der Waals surface area contributed by atoms with Crippen LogP contribution in [-0.4, -0.2) is 41.7 Å². The number of halogens is 1. The zero-order valence-corrected chi connectivity index (χ0v) is 20.1. The lowest BCUT2D eigenvalue weighted by Gasteiger charge is -2.16. The van der Waals surface area contributed by atoms with E-state index in [0.29, 0.717) is 19.4 Å². The summed E-state index contributed by atoms with van der Waals surface area (Å²) >= 11 is 3.50. The number of cyclic esters (lactones) is 1. The number of imide groups is 1. The van der Waals surface area contributed by atoms with E-state index in [1.807, 2.05) is 6.07 Å². The molecule has 0 bridgehead atoms. The van der Waals surface area contributed by atoms with Crippen LogP contribution in [0.25, 0.3) is 10.9 Å². The molecule has 2 aromatic carbocycles. The van der Waals surface area contributed by atoms with Gasteiger partial charge >= 0.3 is 6.09 Å². The minimum atomic E-state index is -0.533. The molecule has 0 radical (unpaired) electrons. The molecule has 2 heterocycles. The van der Waals surface area contributed by atoms with Gasteiger partial charge in [-0.05, 0) is 60.7 Å². The van der Waals surface area contributed by atoms with Crippen LogP contribution in [0.4, 0.5) is 4.79 Å². The maximum Gasteiger partial charge on any atom is 0.416 e. The first kappa shape index (κ1) is 22.4. The summed E-state index contributed by atoms with van der Waals surface area (Å²) in [4.78, 5) is 25.4. The molecule has 4 rings (SSSR count). The molecule has 7 heteroatoms. The number of hydrogen-bond donors (Lipinski definition) is 0. The molecule has 0 N–H and O–H groups in total. The van der Waals surface area contributed by atoms with E-state index in [0.717, 1.165) is 27.7 Å². The average molecular weight is 499 g/mol. The van der Waals surface area contributed by atoms with Crippen LogP contribution in [0, 0.1) is 6.92 Å². The lowest BCUT2D eigenvalue weighted by atomic mass is 9.93. The van der Waals surface area contributed by atoms with Gasteiger partial charge in [0, 0.05) is 34.0 Å². The van der Waals surface area contributed by atoms with Crippen LogP contribution in [0.3, 0.4) is 0 Å². The summed E-state index contributed by atoms with van der Waals surface area (Å²) in [5.41, 5.74) is 4.75. The van der Waals surface area contributed by atoms with Gasteiger partial charge in [-0.3, -0.25) is 4.79 Å². The van der Waals surface area contributed by atoms with E-state index < -0.39 is 6.09 Å². The molecule has 32 heavy (non-hydrogen) atoms. The van der Waals surface area contributed by atoms with Gasteiger partial charge < -0.3 is 14.0 Å². The van der Waals surface area contributed by atoms with Gasteiger partial charge in [0.1, 0.15) is 12.4 Å². The van der Waals surface area contributed by atoms with Crippen LogP contribution >= 0.6 is 15.9 Å². The predicted octanol–water partition coefficient (Wildman–Crippen LogP) is 5.63. The number of aromatic nitrogens is 1. The second-order valence-corrected chi connectivity index (χ2v) is 9.11. The zero-order chi connectivity index (χ0) is 22.8. The Morgan fingerprint density at radius 2 is 1.97 bits per heavy atom. The summed E-state index contributed by atoms with van der Waals surface area (Å²) in [5.74, 6) is 0.772. The molecule has 0 saturated carbocycles. The molecular formula is C25H27BrN2O4. The fraction of sp³-hybridized carbons (Fsp3) is 0.360. The first-order chi connectivity index (χ1) is 15.4. The van der Waals surface area contributed by atoms with Crippen molar-refractivity contribution >= 4 is 38.8 Å². The van der Waals surface area contributed by atoms with Crippen molar-refractivity contribution in [2.24, 2.45) is 0 Å². The summed E-state index contributed by atoms with van der Waals surface area (Å²) in [6.45, 7) is 5.65. The SMILES string of the molecule is COc1ccc2c(c1)c(C(C)CCC(=O)N1CCOC1=O)c(C)n2Cc1ccc(Br)cc1. The van der Waals surface area contributed by atoms with Crippen molar-refractivity contribution in [1.29, 1.82) is 0 Å². The molecule has 3 aromatic rings. The highest BCUT2D eigenvalue weighted by Gasteiger charge is 2.29. The largest absolute Gasteiger partial charge is 0.497 e. The monoisotopic (exact) mass is 498 g/mol. The molecular weight excluding hydrogens is 472 g/mol. The quantitative estimate of drug-likeness (QED) is 0.423. The van der Waals surface area contributed by atoms with E-state index in [-0.39, 0.29) is 18.4 Å². The van der Waals surface area contributed by atoms with E-state index >= 15 is 0 Å². The first-order valence-electron chi connectivity index (χ1n) is 10.8. The lowest BCUT2D eigenvalue weighted by Crippen LogP contribution is -2.31. The van der Waals surface area contributed by atoms with Gasteiger partial charge in [0.15, 0.2) is 0 Å². The van der Waals surface area contributed by atoms with Crippen molar-refractivity contribution in [2.75, 3.05) is 20.3 Å². The number of benzene rings is 2. The third kappa shape index (κ3) is 4.39. The molecule has 1 aliphatic heterocycles. The molecule has 2 amide bonds. The fourth-order valence-corrected chi connectivity index (χ4v) is 4.72. The van der Waals surface area contributed by atoms with Crippen LogP contribution in [-0.2, 0) is 16.1 Å². The highest BCUT2D eigenvalue weighted by Crippen LogP contribution is 2.36. The van der Waals surface area contributed by atoms with Crippen LogP contribution < -0.4 is 4.74 Å². The van der Waals surface area contributed by atoms with Crippen molar-refractivity contribution in [3.05, 3.63) is 63.8 Å². The summed E-state index contributed by atoms with van der Waals surface area (Å²) in [7, 11) is 1.67. The molecule has 1 fully saturated rings.